The van der Waals surface area contributed by atoms with Crippen LogP contribution in [0, 0.1) is 0 Å². The van der Waals surface area contributed by atoms with Gasteiger partial charge in [-0.15, -0.1) is 0 Å². The molecule has 10 heteroatoms. The van der Waals surface area contributed by atoms with Crippen molar-refractivity contribution in [1.82, 2.24) is 9.97 Å². The smallest absolute Gasteiger partial charge is 0.245 e. The molecule has 2 aromatic rings. The number of alkyl halides is 6. The Bertz CT molecular complexity index is 691. The van der Waals surface area contributed by atoms with E-state index in [4.69, 9.17) is 0 Å². The number of benzene rings is 1. The van der Waals surface area contributed by atoms with Gasteiger partial charge in [0.15, 0.2) is 0 Å². The van der Waals surface area contributed by atoms with E-state index in [1.54, 1.807) is 0 Å². The first-order valence-corrected chi connectivity index (χ1v) is 6.03. The lowest BCUT2D eigenvalue weighted by atomic mass is 10.1. The number of anilines is 1. The molecule has 4 nitrogen and oxygen atoms in total. The van der Waals surface area contributed by atoms with Crippen LogP contribution in [0.5, 0.6) is 0 Å². The van der Waals surface area contributed by atoms with Crippen LogP contribution in [0.15, 0.2) is 41.6 Å². The molecule has 122 valence electrons. The molecule has 0 unspecified atom stereocenters. The highest BCUT2D eigenvalue weighted by Crippen LogP contribution is 2.29. The van der Waals surface area contributed by atoms with Crippen LogP contribution in [0.3, 0.4) is 0 Å². The highest BCUT2D eigenvalue weighted by Gasteiger charge is 2.32. The first-order chi connectivity index (χ1) is 10.7. The quantitative estimate of drug-likeness (QED) is 0.525. The number of rotatable bonds is 3. The molecule has 0 fully saturated rings. The van der Waals surface area contributed by atoms with E-state index in [9.17, 15) is 26.3 Å². The van der Waals surface area contributed by atoms with E-state index in [2.05, 4.69) is 20.5 Å². The molecule has 0 aliphatic carbocycles. The summed E-state index contributed by atoms with van der Waals surface area (Å²) in [5, 5.41) is 3.58. The van der Waals surface area contributed by atoms with E-state index < -0.39 is 23.6 Å². The number of hydrogen-bond acceptors (Lipinski definition) is 4. The first-order valence-electron chi connectivity index (χ1n) is 6.03. The predicted octanol–water partition coefficient (Wildman–Crippen LogP) is 3.96. The molecule has 0 aliphatic rings. The molecule has 1 N–H and O–H groups in total. The second kappa shape index (κ2) is 6.23. The van der Waals surface area contributed by atoms with Crippen molar-refractivity contribution in [2.24, 2.45) is 5.10 Å². The van der Waals surface area contributed by atoms with E-state index >= 15 is 0 Å². The molecule has 23 heavy (non-hydrogen) atoms. The summed E-state index contributed by atoms with van der Waals surface area (Å²) in [5.74, 6) is -0.386. The fraction of sp³-hybridized carbons (Fsp3) is 0.154. The third-order valence-electron chi connectivity index (χ3n) is 2.56. The van der Waals surface area contributed by atoms with Crippen LogP contribution in [0.2, 0.25) is 0 Å². The monoisotopic (exact) mass is 334 g/mol. The number of hydrogen-bond donors (Lipinski definition) is 1. The second-order valence-corrected chi connectivity index (χ2v) is 4.25. The van der Waals surface area contributed by atoms with Crippen molar-refractivity contribution in [3.05, 3.63) is 53.3 Å². The molecule has 1 heterocycles. The molecule has 1 aromatic carbocycles. The van der Waals surface area contributed by atoms with Gasteiger partial charge in [0, 0.05) is 6.20 Å². The zero-order valence-electron chi connectivity index (χ0n) is 11.2. The fourth-order valence-electron chi connectivity index (χ4n) is 1.49. The summed E-state index contributed by atoms with van der Waals surface area (Å²) in [6.07, 6.45) is -7.02. The van der Waals surface area contributed by atoms with Gasteiger partial charge in [0.1, 0.15) is 5.69 Å². The average Bonchev–Trinajstić information content (AvgIpc) is 2.46. The third-order valence-corrected chi connectivity index (χ3v) is 2.56. The minimum Gasteiger partial charge on any atom is -0.245 e. The summed E-state index contributed by atoms with van der Waals surface area (Å²) in [6, 6.07) is 4.76. The second-order valence-electron chi connectivity index (χ2n) is 4.25. The van der Waals surface area contributed by atoms with Crippen LogP contribution in [0.1, 0.15) is 16.8 Å². The Hall–Kier alpha value is -2.65. The van der Waals surface area contributed by atoms with Crippen molar-refractivity contribution < 1.29 is 26.3 Å². The maximum Gasteiger partial charge on any atom is 0.433 e. The van der Waals surface area contributed by atoms with Gasteiger partial charge in [-0.1, -0.05) is 12.1 Å². The number of hydrazone groups is 1. The largest absolute Gasteiger partial charge is 0.433 e. The zero-order valence-corrected chi connectivity index (χ0v) is 11.2. The molecule has 0 atom stereocenters. The number of nitrogens with zero attached hydrogens (tertiary/aromatic N) is 3. The van der Waals surface area contributed by atoms with Crippen LogP contribution in [0.25, 0.3) is 0 Å². The normalized spacial score (nSPS) is 12.6. The topological polar surface area (TPSA) is 50.2 Å². The van der Waals surface area contributed by atoms with Gasteiger partial charge in [-0.3, -0.25) is 0 Å². The van der Waals surface area contributed by atoms with Crippen molar-refractivity contribution in [2.45, 2.75) is 12.4 Å². The predicted molar refractivity (Wildman–Crippen MR) is 69.7 cm³/mol. The molecule has 0 saturated carbocycles. The minimum absolute atomic E-state index is 0.317. The summed E-state index contributed by atoms with van der Waals surface area (Å²) in [4.78, 5) is 6.76. The summed E-state index contributed by atoms with van der Waals surface area (Å²) < 4.78 is 74.4. The highest BCUT2D eigenvalue weighted by atomic mass is 19.4. The Morgan fingerprint density at radius 1 is 0.913 bits per heavy atom. The van der Waals surface area contributed by atoms with Crippen LogP contribution in [-0.4, -0.2) is 16.2 Å². The number of aromatic nitrogens is 2. The molecule has 0 radical (unpaired) electrons. The van der Waals surface area contributed by atoms with Crippen LogP contribution in [0.4, 0.5) is 32.3 Å². The van der Waals surface area contributed by atoms with Crippen molar-refractivity contribution in [3.8, 4) is 0 Å². The maximum absolute atomic E-state index is 12.4. The molecular formula is C13H8F6N4. The Kier molecular flexibility index (Phi) is 4.52. The fourth-order valence-corrected chi connectivity index (χ4v) is 1.49. The molecule has 0 aliphatic heterocycles. The van der Waals surface area contributed by atoms with Crippen LogP contribution >= 0.6 is 0 Å². The Labute approximate surface area is 125 Å². The van der Waals surface area contributed by atoms with Crippen molar-refractivity contribution in [3.63, 3.8) is 0 Å². The zero-order chi connectivity index (χ0) is 17.1. The Morgan fingerprint density at radius 2 is 1.57 bits per heavy atom. The first kappa shape index (κ1) is 16.7. The van der Waals surface area contributed by atoms with E-state index in [1.165, 1.54) is 12.1 Å². The molecule has 0 amide bonds. The van der Waals surface area contributed by atoms with Crippen LogP contribution < -0.4 is 5.43 Å². The molecule has 1 aromatic heterocycles. The number of halogens is 6. The Morgan fingerprint density at radius 3 is 2.13 bits per heavy atom. The summed E-state index contributed by atoms with van der Waals surface area (Å²) >= 11 is 0. The SMILES string of the molecule is FC(F)(F)c1ccc(/C=N\Nc2nccc(C(F)(F)F)n2)cc1. The standard InChI is InChI=1S/C13H8F6N4/c14-12(15,16)9-3-1-8(2-4-9)7-21-23-11-20-6-5-10(22-11)13(17,18)19/h1-7H,(H,20,22,23)/b21-7-. The van der Waals surface area contributed by atoms with E-state index in [0.717, 1.165) is 24.5 Å². The lowest BCUT2D eigenvalue weighted by Gasteiger charge is -2.06. The van der Waals surface area contributed by atoms with Gasteiger partial charge in [-0.05, 0) is 23.8 Å². The summed E-state index contributed by atoms with van der Waals surface area (Å²) in [5.41, 5.74) is 0.538. The molecule has 0 spiro atoms. The summed E-state index contributed by atoms with van der Waals surface area (Å²) in [7, 11) is 0. The molecular weight excluding hydrogens is 326 g/mol. The molecule has 0 saturated heterocycles. The van der Waals surface area contributed by atoms with E-state index in [1.807, 2.05) is 0 Å². The van der Waals surface area contributed by atoms with E-state index in [0.29, 0.717) is 11.6 Å². The van der Waals surface area contributed by atoms with Gasteiger partial charge in [0.25, 0.3) is 0 Å². The maximum atomic E-state index is 12.4. The van der Waals surface area contributed by atoms with Crippen LogP contribution in [-0.2, 0) is 12.4 Å². The lowest BCUT2D eigenvalue weighted by molar-refractivity contribution is -0.141. The van der Waals surface area contributed by atoms with Gasteiger partial charge in [-0.2, -0.15) is 31.4 Å². The van der Waals surface area contributed by atoms with Crippen molar-refractivity contribution in [2.75, 3.05) is 5.43 Å². The van der Waals surface area contributed by atoms with E-state index in [-0.39, 0.29) is 5.95 Å². The van der Waals surface area contributed by atoms with Gasteiger partial charge in [0.2, 0.25) is 5.95 Å². The van der Waals surface area contributed by atoms with Gasteiger partial charge in [-0.25, -0.2) is 15.4 Å². The number of nitrogens with one attached hydrogen (secondary N) is 1. The molecule has 0 bridgehead atoms. The van der Waals surface area contributed by atoms with Gasteiger partial charge < -0.3 is 0 Å². The van der Waals surface area contributed by atoms with Gasteiger partial charge in [0.05, 0.1) is 11.8 Å². The third kappa shape index (κ3) is 4.66. The van der Waals surface area contributed by atoms with Crippen molar-refractivity contribution >= 4 is 12.2 Å². The molecule has 2 rings (SSSR count). The van der Waals surface area contributed by atoms with Gasteiger partial charge >= 0.3 is 12.4 Å². The summed E-state index contributed by atoms with van der Waals surface area (Å²) in [6.45, 7) is 0. The highest BCUT2D eigenvalue weighted by molar-refractivity contribution is 5.80. The average molecular weight is 334 g/mol. The minimum atomic E-state index is -4.61. The Balaban J connectivity index is 2.05. The lowest BCUT2D eigenvalue weighted by Crippen LogP contribution is -2.10. The van der Waals surface area contributed by atoms with Crippen molar-refractivity contribution in [1.29, 1.82) is 0 Å².